The Hall–Kier alpha value is -1.44. The molecule has 2 aliphatic rings. The summed E-state index contributed by atoms with van der Waals surface area (Å²) in [5.74, 6) is -0.514. The molecule has 7 heteroatoms. The fourth-order valence-corrected chi connectivity index (χ4v) is 5.82. The molecule has 2 aliphatic heterocycles. The molecule has 23 heavy (non-hydrogen) atoms. The van der Waals surface area contributed by atoms with Gasteiger partial charge >= 0.3 is 5.97 Å². The van der Waals surface area contributed by atoms with Crippen molar-refractivity contribution in [3.05, 3.63) is 29.3 Å². The van der Waals surface area contributed by atoms with E-state index in [1.165, 1.54) is 7.11 Å². The molecule has 1 aromatic carbocycles. The molecule has 2 bridgehead atoms. The molecule has 0 aliphatic carbocycles. The quantitative estimate of drug-likeness (QED) is 0.841. The highest BCUT2D eigenvalue weighted by molar-refractivity contribution is 7.89. The van der Waals surface area contributed by atoms with E-state index in [4.69, 9.17) is 4.74 Å². The lowest BCUT2D eigenvalue weighted by molar-refractivity contribution is 0.0599. The van der Waals surface area contributed by atoms with Crippen molar-refractivity contribution in [1.82, 2.24) is 9.62 Å². The largest absolute Gasteiger partial charge is 0.465 e. The van der Waals surface area contributed by atoms with E-state index in [2.05, 4.69) is 5.32 Å². The minimum Gasteiger partial charge on any atom is -0.465 e. The summed E-state index contributed by atoms with van der Waals surface area (Å²) < 4.78 is 32.9. The number of methoxy groups -OCH3 is 1. The zero-order valence-corrected chi connectivity index (χ0v) is 14.2. The number of fused-ring (bicyclic) bond motifs is 2. The smallest absolute Gasteiger partial charge is 0.338 e. The number of ether oxygens (including phenoxy) is 1. The average molecular weight is 338 g/mol. The van der Waals surface area contributed by atoms with Gasteiger partial charge in [-0.25, -0.2) is 13.2 Å². The van der Waals surface area contributed by atoms with Gasteiger partial charge in [-0.15, -0.1) is 0 Å². The van der Waals surface area contributed by atoms with Crippen LogP contribution in [-0.2, 0) is 14.8 Å². The number of carbonyl (C=O) groups is 1. The van der Waals surface area contributed by atoms with Crippen LogP contribution in [0.3, 0.4) is 0 Å². The number of sulfonamides is 1. The van der Waals surface area contributed by atoms with E-state index >= 15 is 0 Å². The van der Waals surface area contributed by atoms with Crippen molar-refractivity contribution in [1.29, 1.82) is 0 Å². The molecule has 0 amide bonds. The molecule has 2 saturated heterocycles. The van der Waals surface area contributed by atoms with Crippen molar-refractivity contribution < 1.29 is 17.9 Å². The summed E-state index contributed by atoms with van der Waals surface area (Å²) in [7, 11) is -2.34. The molecule has 2 heterocycles. The van der Waals surface area contributed by atoms with E-state index in [1.54, 1.807) is 29.4 Å². The van der Waals surface area contributed by atoms with Crippen LogP contribution in [0.4, 0.5) is 0 Å². The predicted molar refractivity (Wildman–Crippen MR) is 85.8 cm³/mol. The van der Waals surface area contributed by atoms with Crippen LogP contribution in [0.15, 0.2) is 23.1 Å². The number of esters is 1. The minimum absolute atomic E-state index is 0.00585. The van der Waals surface area contributed by atoms with Gasteiger partial charge in [-0.3, -0.25) is 0 Å². The lowest BCUT2D eigenvalue weighted by atomic mass is 10.1. The van der Waals surface area contributed by atoms with Crippen molar-refractivity contribution in [3.63, 3.8) is 0 Å². The van der Waals surface area contributed by atoms with Gasteiger partial charge in [0, 0.05) is 18.6 Å². The predicted octanol–water partition coefficient (Wildman–Crippen LogP) is 1.30. The first-order valence-electron chi connectivity index (χ1n) is 7.89. The Morgan fingerprint density at radius 1 is 1.26 bits per heavy atom. The van der Waals surface area contributed by atoms with Crippen LogP contribution >= 0.6 is 0 Å². The van der Waals surface area contributed by atoms with Crippen molar-refractivity contribution in [2.75, 3.05) is 20.2 Å². The Balaban J connectivity index is 2.05. The van der Waals surface area contributed by atoms with Gasteiger partial charge < -0.3 is 10.1 Å². The number of nitrogens with one attached hydrogen (secondary N) is 1. The number of hydrogen-bond acceptors (Lipinski definition) is 5. The molecular weight excluding hydrogens is 316 g/mol. The first kappa shape index (κ1) is 16.4. The zero-order valence-electron chi connectivity index (χ0n) is 13.4. The monoisotopic (exact) mass is 338 g/mol. The normalized spacial score (nSPS) is 25.1. The van der Waals surface area contributed by atoms with Crippen molar-refractivity contribution in [2.45, 2.75) is 43.2 Å². The minimum atomic E-state index is -3.63. The van der Waals surface area contributed by atoms with E-state index in [0.717, 1.165) is 25.8 Å². The first-order chi connectivity index (χ1) is 11.0. The van der Waals surface area contributed by atoms with E-state index in [1.807, 2.05) is 0 Å². The zero-order chi connectivity index (χ0) is 16.6. The number of nitrogens with zero attached hydrogens (tertiary/aromatic N) is 1. The molecule has 1 aromatic rings. The maximum Gasteiger partial charge on any atom is 0.338 e. The SMILES string of the molecule is COC(=O)c1cccc(S(=O)(=O)N2C3CCNCC2CC3)c1C. The van der Waals surface area contributed by atoms with Crippen LogP contribution in [-0.4, -0.2) is 51.0 Å². The second-order valence-corrected chi connectivity index (χ2v) is 7.94. The van der Waals surface area contributed by atoms with Gasteiger partial charge in [0.2, 0.25) is 10.0 Å². The molecule has 0 aromatic heterocycles. The Kier molecular flexibility index (Phi) is 4.44. The second-order valence-electron chi connectivity index (χ2n) is 6.13. The lowest BCUT2D eigenvalue weighted by Crippen LogP contribution is -2.42. The van der Waals surface area contributed by atoms with Crippen LogP contribution < -0.4 is 5.32 Å². The summed E-state index contributed by atoms with van der Waals surface area (Å²) in [6.45, 7) is 3.19. The Labute approximate surface area is 136 Å². The maximum atomic E-state index is 13.2. The Bertz CT molecular complexity index is 703. The summed E-state index contributed by atoms with van der Waals surface area (Å²) in [4.78, 5) is 12.1. The summed E-state index contributed by atoms with van der Waals surface area (Å²) in [5, 5.41) is 3.31. The summed E-state index contributed by atoms with van der Waals surface area (Å²) in [5.41, 5.74) is 0.754. The van der Waals surface area contributed by atoms with Gasteiger partial charge in [-0.2, -0.15) is 4.31 Å². The third-order valence-electron chi connectivity index (χ3n) is 4.83. The standard InChI is InChI=1S/C16H22N2O4S/c1-11-14(16(19)22-2)4-3-5-15(11)23(20,21)18-12-6-7-13(18)10-17-9-8-12/h3-5,12-13,17H,6-10H2,1-2H3. The molecule has 1 N–H and O–H groups in total. The molecule has 0 radical (unpaired) electrons. The number of benzene rings is 1. The number of hydrogen-bond donors (Lipinski definition) is 1. The van der Waals surface area contributed by atoms with Crippen LogP contribution in [0.2, 0.25) is 0 Å². The summed E-state index contributed by atoms with van der Waals surface area (Å²) in [6.07, 6.45) is 2.61. The van der Waals surface area contributed by atoms with Crippen molar-refractivity contribution in [2.24, 2.45) is 0 Å². The number of carbonyl (C=O) groups excluding carboxylic acids is 1. The van der Waals surface area contributed by atoms with Gasteiger partial charge in [0.25, 0.3) is 0 Å². The first-order valence-corrected chi connectivity index (χ1v) is 9.33. The highest BCUT2D eigenvalue weighted by Crippen LogP contribution is 2.35. The fourth-order valence-electron chi connectivity index (χ4n) is 3.67. The highest BCUT2D eigenvalue weighted by Gasteiger charge is 2.43. The van der Waals surface area contributed by atoms with Crippen LogP contribution in [0, 0.1) is 6.92 Å². The third kappa shape index (κ3) is 2.77. The van der Waals surface area contributed by atoms with Crippen molar-refractivity contribution in [3.8, 4) is 0 Å². The van der Waals surface area contributed by atoms with Gasteiger partial charge in [-0.05, 0) is 50.4 Å². The van der Waals surface area contributed by atoms with Gasteiger partial charge in [0.1, 0.15) is 0 Å². The van der Waals surface area contributed by atoms with E-state index in [0.29, 0.717) is 17.7 Å². The molecule has 6 nitrogen and oxygen atoms in total. The highest BCUT2D eigenvalue weighted by atomic mass is 32.2. The molecule has 3 rings (SSSR count). The maximum absolute atomic E-state index is 13.2. The molecule has 2 fully saturated rings. The van der Waals surface area contributed by atoms with Gasteiger partial charge in [0.05, 0.1) is 17.6 Å². The third-order valence-corrected chi connectivity index (χ3v) is 6.98. The molecule has 2 unspecified atom stereocenters. The molecular formula is C16H22N2O4S. The van der Waals surface area contributed by atoms with E-state index in [9.17, 15) is 13.2 Å². The van der Waals surface area contributed by atoms with Crippen molar-refractivity contribution >= 4 is 16.0 Å². The Morgan fingerprint density at radius 2 is 2.00 bits per heavy atom. The molecule has 0 saturated carbocycles. The second kappa shape index (κ2) is 6.22. The van der Waals surface area contributed by atoms with Crippen LogP contribution in [0.5, 0.6) is 0 Å². The topological polar surface area (TPSA) is 75.7 Å². The lowest BCUT2D eigenvalue weighted by Gasteiger charge is -2.27. The van der Waals surface area contributed by atoms with Crippen LogP contribution in [0.25, 0.3) is 0 Å². The molecule has 2 atom stereocenters. The van der Waals surface area contributed by atoms with E-state index < -0.39 is 16.0 Å². The van der Waals surface area contributed by atoms with E-state index in [-0.39, 0.29) is 17.0 Å². The molecule has 0 spiro atoms. The van der Waals surface area contributed by atoms with Crippen LogP contribution in [0.1, 0.15) is 35.2 Å². The Morgan fingerprint density at radius 3 is 2.74 bits per heavy atom. The fraction of sp³-hybridized carbons (Fsp3) is 0.562. The van der Waals surface area contributed by atoms with Gasteiger partial charge in [-0.1, -0.05) is 6.07 Å². The summed E-state index contributed by atoms with van der Waals surface area (Å²) in [6, 6.07) is 4.81. The summed E-state index contributed by atoms with van der Waals surface area (Å²) >= 11 is 0. The molecule has 126 valence electrons. The average Bonchev–Trinajstić information content (AvgIpc) is 2.80. The number of rotatable bonds is 3. The van der Waals surface area contributed by atoms with Gasteiger partial charge in [0.15, 0.2) is 0 Å².